The molecule has 1 atom stereocenters. The Balaban J connectivity index is 2.37. The lowest BCUT2D eigenvalue weighted by Crippen LogP contribution is -2.37. The molecule has 1 aliphatic heterocycles. The molecule has 1 fully saturated rings. The second-order valence-electron chi connectivity index (χ2n) is 4.38. The van der Waals surface area contributed by atoms with Gasteiger partial charge in [-0.2, -0.15) is 0 Å². The van der Waals surface area contributed by atoms with Crippen LogP contribution in [0.2, 0.25) is 0 Å². The van der Waals surface area contributed by atoms with Crippen LogP contribution in [-0.2, 0) is 0 Å². The smallest absolute Gasteiger partial charge is 0.143 e. The highest BCUT2D eigenvalue weighted by Gasteiger charge is 2.16. The summed E-state index contributed by atoms with van der Waals surface area (Å²) in [6.45, 7) is 7.30. The average molecular weight is 214 g/mol. The summed E-state index contributed by atoms with van der Waals surface area (Å²) in [5, 5.41) is 11.6. The minimum absolute atomic E-state index is 0.124. The van der Waals surface area contributed by atoms with Gasteiger partial charge in [0.15, 0.2) is 0 Å². The maximum absolute atomic E-state index is 8.57. The number of amidine groups is 1. The van der Waals surface area contributed by atoms with E-state index in [9.17, 15) is 0 Å². The maximum Gasteiger partial charge on any atom is 0.143 e. The Hall–Kier alpha value is -0.810. The molecule has 0 radical (unpaired) electrons. The van der Waals surface area contributed by atoms with Crippen molar-refractivity contribution >= 4 is 5.84 Å². The molecular weight excluding hydrogens is 192 g/mol. The Kier molecular flexibility index (Phi) is 4.84. The molecule has 5 heteroatoms. The fraction of sp³-hybridized carbons (Fsp3) is 0.900. The molecule has 1 heterocycles. The SMILES string of the molecule is CC(CN1CCCN(C)CC1)/C(N)=N/O. The highest BCUT2D eigenvalue weighted by atomic mass is 16.4. The van der Waals surface area contributed by atoms with E-state index in [0.29, 0.717) is 5.84 Å². The number of oxime groups is 1. The summed E-state index contributed by atoms with van der Waals surface area (Å²) in [6, 6.07) is 0. The van der Waals surface area contributed by atoms with E-state index >= 15 is 0 Å². The summed E-state index contributed by atoms with van der Waals surface area (Å²) >= 11 is 0. The van der Waals surface area contributed by atoms with Gasteiger partial charge in [-0.3, -0.25) is 0 Å². The number of hydrogen-bond donors (Lipinski definition) is 2. The zero-order chi connectivity index (χ0) is 11.3. The third kappa shape index (κ3) is 4.05. The first kappa shape index (κ1) is 12.3. The third-order valence-electron chi connectivity index (χ3n) is 2.96. The first-order valence-corrected chi connectivity index (χ1v) is 5.51. The van der Waals surface area contributed by atoms with E-state index in [2.05, 4.69) is 22.0 Å². The molecule has 0 aromatic carbocycles. The normalized spacial score (nSPS) is 23.7. The van der Waals surface area contributed by atoms with Crippen molar-refractivity contribution in [3.05, 3.63) is 0 Å². The predicted octanol–water partition coefficient (Wildman–Crippen LogP) is 0.00640. The van der Waals surface area contributed by atoms with Crippen LogP contribution < -0.4 is 5.73 Å². The quantitative estimate of drug-likeness (QED) is 0.300. The molecule has 0 saturated carbocycles. The van der Waals surface area contributed by atoms with Gasteiger partial charge in [0.25, 0.3) is 0 Å². The van der Waals surface area contributed by atoms with Gasteiger partial charge in [0.2, 0.25) is 0 Å². The maximum atomic E-state index is 8.57. The second kappa shape index (κ2) is 5.92. The molecular formula is C10H22N4O. The molecule has 0 spiro atoms. The van der Waals surface area contributed by atoms with Crippen molar-refractivity contribution < 1.29 is 5.21 Å². The number of hydrogen-bond acceptors (Lipinski definition) is 4. The molecule has 0 aromatic rings. The zero-order valence-corrected chi connectivity index (χ0v) is 9.69. The Morgan fingerprint density at radius 1 is 1.40 bits per heavy atom. The van der Waals surface area contributed by atoms with Gasteiger partial charge in [0.05, 0.1) is 0 Å². The van der Waals surface area contributed by atoms with Gasteiger partial charge in [-0.25, -0.2) is 0 Å². The Bertz CT molecular complexity index is 219. The summed E-state index contributed by atoms with van der Waals surface area (Å²) < 4.78 is 0. The van der Waals surface area contributed by atoms with Crippen LogP contribution in [-0.4, -0.2) is 60.6 Å². The van der Waals surface area contributed by atoms with E-state index in [0.717, 1.165) is 32.7 Å². The Labute approximate surface area is 91.5 Å². The molecule has 0 aliphatic carbocycles. The van der Waals surface area contributed by atoms with E-state index in [1.165, 1.54) is 6.42 Å². The fourth-order valence-corrected chi connectivity index (χ4v) is 1.86. The van der Waals surface area contributed by atoms with Gasteiger partial charge >= 0.3 is 0 Å². The van der Waals surface area contributed by atoms with Crippen LogP contribution >= 0.6 is 0 Å². The molecule has 5 nitrogen and oxygen atoms in total. The molecule has 1 aliphatic rings. The summed E-state index contributed by atoms with van der Waals surface area (Å²) in [5.74, 6) is 0.450. The minimum Gasteiger partial charge on any atom is -0.409 e. The van der Waals surface area contributed by atoms with Gasteiger partial charge in [-0.15, -0.1) is 0 Å². The largest absolute Gasteiger partial charge is 0.409 e. The molecule has 0 bridgehead atoms. The number of likely N-dealkylation sites (N-methyl/N-ethyl adjacent to an activating group) is 1. The molecule has 1 unspecified atom stereocenters. The molecule has 15 heavy (non-hydrogen) atoms. The minimum atomic E-state index is 0.124. The first-order chi connectivity index (χ1) is 7.13. The highest BCUT2D eigenvalue weighted by molar-refractivity contribution is 5.82. The topological polar surface area (TPSA) is 65.1 Å². The summed E-state index contributed by atoms with van der Waals surface area (Å²) in [4.78, 5) is 4.72. The highest BCUT2D eigenvalue weighted by Crippen LogP contribution is 2.05. The van der Waals surface area contributed by atoms with Crippen LogP contribution in [0.1, 0.15) is 13.3 Å². The molecule has 1 saturated heterocycles. The number of rotatable bonds is 3. The summed E-state index contributed by atoms with van der Waals surface area (Å²) in [7, 11) is 2.15. The van der Waals surface area contributed by atoms with Crippen LogP contribution in [0.4, 0.5) is 0 Å². The second-order valence-corrected chi connectivity index (χ2v) is 4.38. The Morgan fingerprint density at radius 3 is 2.80 bits per heavy atom. The zero-order valence-electron chi connectivity index (χ0n) is 9.69. The van der Waals surface area contributed by atoms with E-state index in [4.69, 9.17) is 10.9 Å². The number of nitrogens with two attached hydrogens (primary N) is 1. The van der Waals surface area contributed by atoms with E-state index in [-0.39, 0.29) is 5.92 Å². The average Bonchev–Trinajstić information content (AvgIpc) is 2.42. The van der Waals surface area contributed by atoms with Gasteiger partial charge in [-0.05, 0) is 26.6 Å². The van der Waals surface area contributed by atoms with Gasteiger partial charge in [0.1, 0.15) is 5.84 Å². The predicted molar refractivity (Wildman–Crippen MR) is 61.1 cm³/mol. The molecule has 1 rings (SSSR count). The van der Waals surface area contributed by atoms with E-state index in [1.807, 2.05) is 6.92 Å². The summed E-state index contributed by atoms with van der Waals surface area (Å²) in [5.41, 5.74) is 5.56. The fourth-order valence-electron chi connectivity index (χ4n) is 1.86. The summed E-state index contributed by atoms with van der Waals surface area (Å²) in [6.07, 6.45) is 1.19. The van der Waals surface area contributed by atoms with Crippen molar-refractivity contribution in [3.63, 3.8) is 0 Å². The third-order valence-corrected chi connectivity index (χ3v) is 2.96. The van der Waals surface area contributed by atoms with Crippen molar-refractivity contribution in [1.82, 2.24) is 9.80 Å². The van der Waals surface area contributed by atoms with E-state index in [1.54, 1.807) is 0 Å². The standard InChI is InChI=1S/C10H22N4O/c1-9(10(11)12-15)8-14-5-3-4-13(2)6-7-14/h9,15H,3-8H2,1-2H3,(H2,11,12). The van der Waals surface area contributed by atoms with Gasteiger partial charge in [-0.1, -0.05) is 12.1 Å². The van der Waals surface area contributed by atoms with Crippen molar-refractivity contribution in [2.75, 3.05) is 39.8 Å². The van der Waals surface area contributed by atoms with Crippen LogP contribution in [0.25, 0.3) is 0 Å². The molecule has 3 N–H and O–H groups in total. The van der Waals surface area contributed by atoms with E-state index < -0.39 is 0 Å². The van der Waals surface area contributed by atoms with Crippen molar-refractivity contribution in [1.29, 1.82) is 0 Å². The van der Waals surface area contributed by atoms with Gasteiger partial charge in [0, 0.05) is 25.6 Å². The molecule has 0 aromatic heterocycles. The molecule has 88 valence electrons. The van der Waals surface area contributed by atoms with Crippen LogP contribution in [0.5, 0.6) is 0 Å². The van der Waals surface area contributed by atoms with Crippen LogP contribution in [0, 0.1) is 5.92 Å². The lowest BCUT2D eigenvalue weighted by molar-refractivity contribution is 0.257. The number of nitrogens with zero attached hydrogens (tertiary/aromatic N) is 3. The van der Waals surface area contributed by atoms with Crippen molar-refractivity contribution in [2.24, 2.45) is 16.8 Å². The van der Waals surface area contributed by atoms with Crippen LogP contribution in [0.3, 0.4) is 0 Å². The monoisotopic (exact) mass is 214 g/mol. The lowest BCUT2D eigenvalue weighted by Gasteiger charge is -2.23. The first-order valence-electron chi connectivity index (χ1n) is 5.51. The van der Waals surface area contributed by atoms with Gasteiger partial charge < -0.3 is 20.7 Å². The van der Waals surface area contributed by atoms with Crippen molar-refractivity contribution in [3.8, 4) is 0 Å². The van der Waals surface area contributed by atoms with Crippen molar-refractivity contribution in [2.45, 2.75) is 13.3 Å². The lowest BCUT2D eigenvalue weighted by atomic mass is 10.1. The molecule has 0 amide bonds. The van der Waals surface area contributed by atoms with Crippen LogP contribution in [0.15, 0.2) is 5.16 Å². The Morgan fingerprint density at radius 2 is 2.13 bits per heavy atom.